The number of rotatable bonds is 5. The van der Waals surface area contributed by atoms with Gasteiger partial charge in [0, 0.05) is 30.5 Å². The summed E-state index contributed by atoms with van der Waals surface area (Å²) in [5.41, 5.74) is 2.16. The molecule has 2 N–H and O–H groups in total. The van der Waals surface area contributed by atoms with Crippen molar-refractivity contribution in [1.82, 2.24) is 15.6 Å². The van der Waals surface area contributed by atoms with E-state index in [0.29, 0.717) is 13.1 Å². The third-order valence-electron chi connectivity index (χ3n) is 2.81. The van der Waals surface area contributed by atoms with Crippen molar-refractivity contribution in [2.45, 2.75) is 13.0 Å². The lowest BCUT2D eigenvalue weighted by Crippen LogP contribution is -2.36. The van der Waals surface area contributed by atoms with Gasteiger partial charge in [-0.2, -0.15) is 0 Å². The van der Waals surface area contributed by atoms with Gasteiger partial charge in [-0.25, -0.2) is 4.79 Å². The lowest BCUT2D eigenvalue weighted by Gasteiger charge is -2.07. The molecule has 104 valence electrons. The van der Waals surface area contributed by atoms with Crippen LogP contribution in [0.2, 0.25) is 5.02 Å². The Balaban J connectivity index is 1.66. The van der Waals surface area contributed by atoms with E-state index >= 15 is 0 Å². The third kappa shape index (κ3) is 4.90. The molecule has 1 heterocycles. The number of hydrogen-bond donors (Lipinski definition) is 2. The van der Waals surface area contributed by atoms with E-state index in [1.54, 1.807) is 12.4 Å². The fourth-order valence-corrected chi connectivity index (χ4v) is 1.84. The molecule has 0 saturated carbocycles. The van der Waals surface area contributed by atoms with Gasteiger partial charge in [-0.05, 0) is 41.8 Å². The molecular weight excluding hydrogens is 274 g/mol. The summed E-state index contributed by atoms with van der Waals surface area (Å²) in [4.78, 5) is 15.5. The molecule has 5 heteroatoms. The number of hydrogen-bond acceptors (Lipinski definition) is 2. The van der Waals surface area contributed by atoms with Gasteiger partial charge in [0.05, 0.1) is 0 Å². The Morgan fingerprint density at radius 3 is 2.40 bits per heavy atom. The average Bonchev–Trinajstić information content (AvgIpc) is 2.48. The van der Waals surface area contributed by atoms with Gasteiger partial charge in [-0.3, -0.25) is 4.98 Å². The SMILES string of the molecule is O=C(NCCc1ccc(Cl)cc1)NCc1ccncc1. The molecule has 2 aromatic rings. The van der Waals surface area contributed by atoms with Crippen molar-refractivity contribution in [2.24, 2.45) is 0 Å². The molecule has 0 fully saturated rings. The molecule has 1 aromatic heterocycles. The maximum absolute atomic E-state index is 11.6. The standard InChI is InChI=1S/C15H16ClN3O/c16-14-3-1-12(2-4-14)7-10-18-15(20)19-11-13-5-8-17-9-6-13/h1-6,8-9H,7,10-11H2,(H2,18,19,20). The minimum atomic E-state index is -0.171. The van der Waals surface area contributed by atoms with E-state index in [1.165, 1.54) is 0 Å². The third-order valence-corrected chi connectivity index (χ3v) is 3.07. The minimum Gasteiger partial charge on any atom is -0.338 e. The Bertz CT molecular complexity index is 543. The van der Waals surface area contributed by atoms with Crippen LogP contribution in [0, 0.1) is 0 Å². The highest BCUT2D eigenvalue weighted by Gasteiger charge is 2.00. The molecule has 0 spiro atoms. The van der Waals surface area contributed by atoms with E-state index in [9.17, 15) is 4.79 Å². The van der Waals surface area contributed by atoms with E-state index in [1.807, 2.05) is 36.4 Å². The first-order valence-electron chi connectivity index (χ1n) is 6.39. The van der Waals surface area contributed by atoms with Crippen molar-refractivity contribution in [3.63, 3.8) is 0 Å². The van der Waals surface area contributed by atoms with Gasteiger partial charge in [-0.15, -0.1) is 0 Å². The Morgan fingerprint density at radius 1 is 1.00 bits per heavy atom. The van der Waals surface area contributed by atoms with Crippen LogP contribution in [0.5, 0.6) is 0 Å². The molecule has 0 aliphatic rings. The zero-order chi connectivity index (χ0) is 14.2. The summed E-state index contributed by atoms with van der Waals surface area (Å²) in [6.07, 6.45) is 4.19. The van der Waals surface area contributed by atoms with Crippen molar-refractivity contribution < 1.29 is 4.79 Å². The molecule has 0 saturated heterocycles. The molecule has 0 radical (unpaired) electrons. The number of carbonyl (C=O) groups is 1. The van der Waals surface area contributed by atoms with Crippen LogP contribution in [0.15, 0.2) is 48.8 Å². The first-order chi connectivity index (χ1) is 9.74. The largest absolute Gasteiger partial charge is 0.338 e. The van der Waals surface area contributed by atoms with E-state index in [-0.39, 0.29) is 6.03 Å². The summed E-state index contributed by atoms with van der Waals surface area (Å²) in [7, 11) is 0. The maximum atomic E-state index is 11.6. The van der Waals surface area contributed by atoms with Crippen molar-refractivity contribution in [3.8, 4) is 0 Å². The van der Waals surface area contributed by atoms with Gasteiger partial charge in [-0.1, -0.05) is 23.7 Å². The summed E-state index contributed by atoms with van der Waals surface area (Å²) in [5.74, 6) is 0. The van der Waals surface area contributed by atoms with Gasteiger partial charge in [0.2, 0.25) is 0 Å². The van der Waals surface area contributed by atoms with Crippen molar-refractivity contribution in [2.75, 3.05) is 6.54 Å². The van der Waals surface area contributed by atoms with Crippen LogP contribution < -0.4 is 10.6 Å². The Hall–Kier alpha value is -2.07. The summed E-state index contributed by atoms with van der Waals surface area (Å²) in [5, 5.41) is 6.33. The molecule has 0 aliphatic heterocycles. The number of urea groups is 1. The van der Waals surface area contributed by atoms with Gasteiger partial charge in [0.15, 0.2) is 0 Å². The van der Waals surface area contributed by atoms with Crippen LogP contribution in [0.25, 0.3) is 0 Å². The van der Waals surface area contributed by atoms with Crippen LogP contribution in [-0.4, -0.2) is 17.6 Å². The number of nitrogens with zero attached hydrogens (tertiary/aromatic N) is 1. The first-order valence-corrected chi connectivity index (χ1v) is 6.77. The van der Waals surface area contributed by atoms with Gasteiger partial charge in [0.1, 0.15) is 0 Å². The van der Waals surface area contributed by atoms with Crippen molar-refractivity contribution in [1.29, 1.82) is 0 Å². The molecule has 0 aliphatic carbocycles. The highest BCUT2D eigenvalue weighted by Crippen LogP contribution is 2.09. The number of nitrogens with one attached hydrogen (secondary N) is 2. The zero-order valence-corrected chi connectivity index (χ0v) is 11.7. The smallest absolute Gasteiger partial charge is 0.315 e. The molecule has 0 atom stereocenters. The highest BCUT2D eigenvalue weighted by molar-refractivity contribution is 6.30. The van der Waals surface area contributed by atoms with E-state index in [0.717, 1.165) is 22.6 Å². The van der Waals surface area contributed by atoms with E-state index in [4.69, 9.17) is 11.6 Å². The van der Waals surface area contributed by atoms with Crippen LogP contribution in [0.1, 0.15) is 11.1 Å². The Kier molecular flexibility index (Phi) is 5.38. The number of benzene rings is 1. The fraction of sp³-hybridized carbons (Fsp3) is 0.200. The van der Waals surface area contributed by atoms with Crippen LogP contribution in [-0.2, 0) is 13.0 Å². The topological polar surface area (TPSA) is 54.0 Å². The fourth-order valence-electron chi connectivity index (χ4n) is 1.72. The molecule has 0 unspecified atom stereocenters. The second kappa shape index (κ2) is 7.50. The van der Waals surface area contributed by atoms with E-state index < -0.39 is 0 Å². The first kappa shape index (κ1) is 14.3. The van der Waals surface area contributed by atoms with Crippen LogP contribution in [0.3, 0.4) is 0 Å². The lowest BCUT2D eigenvalue weighted by molar-refractivity contribution is 0.240. The second-order valence-electron chi connectivity index (χ2n) is 4.34. The average molecular weight is 290 g/mol. The minimum absolute atomic E-state index is 0.171. The monoisotopic (exact) mass is 289 g/mol. The van der Waals surface area contributed by atoms with Gasteiger partial charge >= 0.3 is 6.03 Å². The molecule has 4 nitrogen and oxygen atoms in total. The number of aromatic nitrogens is 1. The predicted molar refractivity (Wildman–Crippen MR) is 79.6 cm³/mol. The number of amides is 2. The summed E-state index contributed by atoms with van der Waals surface area (Å²) in [6.45, 7) is 1.08. The normalized spacial score (nSPS) is 10.1. The van der Waals surface area contributed by atoms with Crippen molar-refractivity contribution in [3.05, 3.63) is 64.9 Å². The summed E-state index contributed by atoms with van der Waals surface area (Å²) in [6, 6.07) is 11.2. The van der Waals surface area contributed by atoms with Crippen LogP contribution >= 0.6 is 11.6 Å². The summed E-state index contributed by atoms with van der Waals surface area (Å²) < 4.78 is 0. The number of pyridine rings is 1. The Morgan fingerprint density at radius 2 is 1.70 bits per heavy atom. The molecule has 0 bridgehead atoms. The summed E-state index contributed by atoms with van der Waals surface area (Å²) >= 11 is 5.81. The number of halogens is 1. The maximum Gasteiger partial charge on any atom is 0.315 e. The molecule has 20 heavy (non-hydrogen) atoms. The van der Waals surface area contributed by atoms with Crippen molar-refractivity contribution >= 4 is 17.6 Å². The highest BCUT2D eigenvalue weighted by atomic mass is 35.5. The molecular formula is C15H16ClN3O. The van der Waals surface area contributed by atoms with E-state index in [2.05, 4.69) is 15.6 Å². The zero-order valence-electron chi connectivity index (χ0n) is 11.0. The van der Waals surface area contributed by atoms with Gasteiger partial charge < -0.3 is 10.6 Å². The molecule has 1 aromatic carbocycles. The molecule has 2 rings (SSSR count). The number of carbonyl (C=O) groups excluding carboxylic acids is 1. The lowest BCUT2D eigenvalue weighted by atomic mass is 10.1. The van der Waals surface area contributed by atoms with Crippen LogP contribution in [0.4, 0.5) is 4.79 Å². The Labute approximate surface area is 123 Å². The van der Waals surface area contributed by atoms with Gasteiger partial charge in [0.25, 0.3) is 0 Å². The second-order valence-corrected chi connectivity index (χ2v) is 4.78. The molecule has 2 amide bonds. The quantitative estimate of drug-likeness (QED) is 0.889. The predicted octanol–water partition coefficient (Wildman–Crippen LogP) is 2.78.